The number of fused-ring (bicyclic) bond motifs is 9. The van der Waals surface area contributed by atoms with Crippen LogP contribution in [0.5, 0.6) is 0 Å². The molecule has 6 atom stereocenters. The number of amides is 2. The first kappa shape index (κ1) is 15.1. The van der Waals surface area contributed by atoms with Crippen molar-refractivity contribution >= 4 is 17.5 Å². The van der Waals surface area contributed by atoms with E-state index in [4.69, 9.17) is 0 Å². The molecule has 1 aromatic rings. The van der Waals surface area contributed by atoms with Crippen LogP contribution in [0.3, 0.4) is 0 Å². The third-order valence-corrected chi connectivity index (χ3v) is 9.22. The van der Waals surface area contributed by atoms with Crippen LogP contribution in [0.25, 0.3) is 0 Å². The predicted octanol–water partition coefficient (Wildman–Crippen LogP) is 4.34. The molecule has 3 saturated carbocycles. The maximum Gasteiger partial charge on any atom is 0.238 e. The summed E-state index contributed by atoms with van der Waals surface area (Å²) in [6.45, 7) is 0. The van der Waals surface area contributed by atoms with Crippen LogP contribution < -0.4 is 4.90 Å². The molecule has 6 aliphatic rings. The molecular formula is C24H25NO2. The van der Waals surface area contributed by atoms with Crippen molar-refractivity contribution in [3.8, 4) is 0 Å². The van der Waals surface area contributed by atoms with Gasteiger partial charge in [-0.15, -0.1) is 0 Å². The first-order chi connectivity index (χ1) is 13.2. The van der Waals surface area contributed by atoms with Crippen molar-refractivity contribution in [2.24, 2.45) is 40.9 Å². The zero-order chi connectivity index (χ0) is 17.9. The number of nitrogens with zero attached hydrogens (tertiary/aromatic N) is 1. The Kier molecular flexibility index (Phi) is 2.64. The lowest BCUT2D eigenvalue weighted by molar-refractivity contribution is -0.124. The number of carbonyl (C=O) groups is 2. The Morgan fingerprint density at radius 1 is 0.815 bits per heavy atom. The number of hydrogen-bond donors (Lipinski definition) is 0. The molecule has 0 N–H and O–H groups in total. The van der Waals surface area contributed by atoms with Gasteiger partial charge in [-0.3, -0.25) is 14.5 Å². The fourth-order valence-electron chi connectivity index (χ4n) is 8.70. The van der Waals surface area contributed by atoms with Crippen LogP contribution in [0.4, 0.5) is 5.69 Å². The summed E-state index contributed by atoms with van der Waals surface area (Å²) in [5.41, 5.74) is 4.41. The van der Waals surface area contributed by atoms with Gasteiger partial charge in [0.15, 0.2) is 0 Å². The molecule has 3 nitrogen and oxygen atoms in total. The van der Waals surface area contributed by atoms with Crippen LogP contribution in [-0.4, -0.2) is 11.8 Å². The van der Waals surface area contributed by atoms with E-state index in [9.17, 15) is 9.59 Å². The molecule has 0 radical (unpaired) electrons. The summed E-state index contributed by atoms with van der Waals surface area (Å²) in [5, 5.41) is 0. The first-order valence-corrected chi connectivity index (χ1v) is 10.9. The van der Waals surface area contributed by atoms with Gasteiger partial charge in [-0.25, -0.2) is 0 Å². The number of imide groups is 1. The minimum absolute atomic E-state index is 0.0705. The van der Waals surface area contributed by atoms with Crippen LogP contribution >= 0.6 is 0 Å². The highest BCUT2D eigenvalue weighted by Gasteiger charge is 2.76. The van der Waals surface area contributed by atoms with Crippen molar-refractivity contribution in [3.63, 3.8) is 0 Å². The van der Waals surface area contributed by atoms with Crippen LogP contribution in [0.1, 0.15) is 44.9 Å². The van der Waals surface area contributed by atoms with Gasteiger partial charge >= 0.3 is 0 Å². The molecule has 27 heavy (non-hydrogen) atoms. The number of carbonyl (C=O) groups excluding carboxylic acids is 2. The van der Waals surface area contributed by atoms with E-state index in [1.807, 2.05) is 30.3 Å². The second-order valence-electron chi connectivity index (χ2n) is 9.91. The molecule has 2 amide bonds. The van der Waals surface area contributed by atoms with Gasteiger partial charge in [-0.05, 0) is 73.3 Å². The smallest absolute Gasteiger partial charge is 0.238 e. The van der Waals surface area contributed by atoms with Gasteiger partial charge in [-0.2, -0.15) is 0 Å². The Hall–Kier alpha value is -1.90. The highest BCUT2D eigenvalue weighted by atomic mass is 16.2. The van der Waals surface area contributed by atoms with Gasteiger partial charge in [-0.1, -0.05) is 42.2 Å². The van der Waals surface area contributed by atoms with Gasteiger partial charge in [0.05, 0.1) is 17.5 Å². The Morgan fingerprint density at radius 2 is 1.37 bits per heavy atom. The number of anilines is 1. The van der Waals surface area contributed by atoms with Gasteiger partial charge < -0.3 is 0 Å². The number of para-hydroxylation sites is 1. The van der Waals surface area contributed by atoms with Crippen molar-refractivity contribution in [1.29, 1.82) is 0 Å². The minimum atomic E-state index is -0.0705. The van der Waals surface area contributed by atoms with Crippen LogP contribution in [0.15, 0.2) is 41.5 Å². The lowest BCUT2D eigenvalue weighted by atomic mass is 9.69. The summed E-state index contributed by atoms with van der Waals surface area (Å²) < 4.78 is 0. The van der Waals surface area contributed by atoms with E-state index in [0.717, 1.165) is 17.5 Å². The Balaban J connectivity index is 1.39. The van der Waals surface area contributed by atoms with E-state index in [0.29, 0.717) is 11.8 Å². The van der Waals surface area contributed by atoms with Crippen molar-refractivity contribution in [2.45, 2.75) is 44.9 Å². The summed E-state index contributed by atoms with van der Waals surface area (Å²) in [7, 11) is 0. The molecule has 0 aromatic heterocycles. The number of benzene rings is 1. The molecule has 1 spiro atoms. The zero-order valence-electron chi connectivity index (χ0n) is 15.6. The molecule has 4 bridgehead atoms. The van der Waals surface area contributed by atoms with Gasteiger partial charge in [0, 0.05) is 0 Å². The molecule has 5 aliphatic carbocycles. The number of allylic oxidation sites excluding steroid dienone is 2. The number of rotatable bonds is 1. The largest absolute Gasteiger partial charge is 0.274 e. The lowest BCUT2D eigenvalue weighted by Crippen LogP contribution is -2.38. The van der Waals surface area contributed by atoms with Crippen molar-refractivity contribution in [2.75, 3.05) is 4.90 Å². The summed E-state index contributed by atoms with van der Waals surface area (Å²) in [5.74, 6) is 2.28. The van der Waals surface area contributed by atoms with Crippen molar-refractivity contribution < 1.29 is 9.59 Å². The Labute approximate surface area is 159 Å². The van der Waals surface area contributed by atoms with E-state index >= 15 is 0 Å². The normalized spacial score (nSPS) is 42.7. The SMILES string of the molecule is O=C1C2C(C(=O)N1c1ccccc1)C1C3=C(C4CCC3C4)C2C12CCCC2. The highest BCUT2D eigenvalue weighted by molar-refractivity contribution is 6.23. The van der Waals surface area contributed by atoms with Crippen LogP contribution in [-0.2, 0) is 9.59 Å². The highest BCUT2D eigenvalue weighted by Crippen LogP contribution is 2.78. The number of hydrogen-bond acceptors (Lipinski definition) is 2. The average Bonchev–Trinajstić information content (AvgIpc) is 3.51. The summed E-state index contributed by atoms with van der Waals surface area (Å²) in [6, 6.07) is 9.62. The molecular weight excluding hydrogens is 334 g/mol. The summed E-state index contributed by atoms with van der Waals surface area (Å²) in [4.78, 5) is 28.8. The molecule has 6 unspecified atom stereocenters. The second-order valence-corrected chi connectivity index (χ2v) is 9.91. The van der Waals surface area contributed by atoms with Gasteiger partial charge in [0.1, 0.15) is 0 Å². The van der Waals surface area contributed by atoms with E-state index in [2.05, 4.69) is 0 Å². The fraction of sp³-hybridized carbons (Fsp3) is 0.583. The molecule has 1 heterocycles. The van der Waals surface area contributed by atoms with Crippen LogP contribution in [0.2, 0.25) is 0 Å². The third-order valence-electron chi connectivity index (χ3n) is 9.22. The fourth-order valence-corrected chi connectivity index (χ4v) is 8.70. The molecule has 1 aromatic carbocycles. The maximum atomic E-state index is 13.6. The van der Waals surface area contributed by atoms with E-state index in [1.165, 1.54) is 44.9 Å². The molecule has 7 rings (SSSR count). The monoisotopic (exact) mass is 359 g/mol. The molecule has 4 fully saturated rings. The topological polar surface area (TPSA) is 37.4 Å². The molecule has 138 valence electrons. The summed E-state index contributed by atoms with van der Waals surface area (Å²) >= 11 is 0. The Bertz CT molecular complexity index is 862. The zero-order valence-corrected chi connectivity index (χ0v) is 15.6. The average molecular weight is 359 g/mol. The van der Waals surface area contributed by atoms with Crippen LogP contribution in [0, 0.1) is 40.9 Å². The standard InChI is InChI=1S/C24H25NO2/c26-22-18-19(23(27)25(22)15-6-2-1-3-7-15)21-17-14-9-8-13(12-14)16(17)20(18)24(21)10-4-5-11-24/h1-3,6-7,13-14,18-21H,4-5,8-12H2. The molecule has 3 heteroatoms. The second kappa shape index (κ2) is 4.74. The third kappa shape index (κ3) is 1.52. The van der Waals surface area contributed by atoms with E-state index in [1.54, 1.807) is 16.0 Å². The predicted molar refractivity (Wildman–Crippen MR) is 102 cm³/mol. The molecule has 1 saturated heterocycles. The summed E-state index contributed by atoms with van der Waals surface area (Å²) in [6.07, 6.45) is 9.02. The minimum Gasteiger partial charge on any atom is -0.274 e. The van der Waals surface area contributed by atoms with Crippen molar-refractivity contribution in [1.82, 2.24) is 0 Å². The van der Waals surface area contributed by atoms with E-state index in [-0.39, 0.29) is 29.1 Å². The lowest BCUT2D eigenvalue weighted by Gasteiger charge is -2.36. The quantitative estimate of drug-likeness (QED) is 0.552. The van der Waals surface area contributed by atoms with Gasteiger partial charge in [0.2, 0.25) is 11.8 Å². The molecule has 1 aliphatic heterocycles. The van der Waals surface area contributed by atoms with Gasteiger partial charge in [0.25, 0.3) is 0 Å². The van der Waals surface area contributed by atoms with Crippen molar-refractivity contribution in [3.05, 3.63) is 41.5 Å². The maximum absolute atomic E-state index is 13.6. The Morgan fingerprint density at radius 3 is 1.93 bits per heavy atom. The van der Waals surface area contributed by atoms with E-state index < -0.39 is 0 Å². The first-order valence-electron chi connectivity index (χ1n) is 10.9.